The highest BCUT2D eigenvalue weighted by Gasteiger charge is 2.08. The lowest BCUT2D eigenvalue weighted by molar-refractivity contribution is 0.0593. The molecular formula is C13H12N2O3. The molecule has 0 fully saturated rings. The topological polar surface area (TPSA) is 61.3 Å². The van der Waals surface area contributed by atoms with Gasteiger partial charge in [0, 0.05) is 5.56 Å². The number of hydrogen-bond acceptors (Lipinski definition) is 5. The Bertz CT molecular complexity index is 535. The van der Waals surface area contributed by atoms with Crippen LogP contribution in [0.5, 0.6) is 5.75 Å². The van der Waals surface area contributed by atoms with Crippen molar-refractivity contribution in [3.63, 3.8) is 0 Å². The minimum atomic E-state index is -0.496. The molecule has 5 heteroatoms. The molecule has 0 amide bonds. The van der Waals surface area contributed by atoms with Gasteiger partial charge in [0.25, 0.3) is 0 Å². The summed E-state index contributed by atoms with van der Waals surface area (Å²) in [5, 5.41) is 0. The quantitative estimate of drug-likeness (QED) is 0.772. The monoisotopic (exact) mass is 244 g/mol. The highest BCUT2D eigenvalue weighted by Crippen LogP contribution is 2.19. The van der Waals surface area contributed by atoms with E-state index in [1.165, 1.54) is 19.5 Å². The minimum absolute atomic E-state index is 0.190. The number of aromatic nitrogens is 2. The summed E-state index contributed by atoms with van der Waals surface area (Å²) in [6, 6.07) is 7.43. The van der Waals surface area contributed by atoms with Crippen LogP contribution in [0.3, 0.4) is 0 Å². The Hall–Kier alpha value is -2.43. The molecule has 0 aliphatic rings. The second-order valence-corrected chi connectivity index (χ2v) is 3.51. The number of carbonyl (C=O) groups is 1. The first-order chi connectivity index (χ1) is 8.74. The molecule has 0 saturated carbocycles. The number of benzene rings is 1. The summed E-state index contributed by atoms with van der Waals surface area (Å²) in [7, 11) is 2.92. The number of rotatable bonds is 3. The van der Waals surface area contributed by atoms with E-state index in [1.807, 2.05) is 24.3 Å². The van der Waals surface area contributed by atoms with Gasteiger partial charge in [0.1, 0.15) is 5.75 Å². The van der Waals surface area contributed by atoms with E-state index in [0.717, 1.165) is 11.3 Å². The van der Waals surface area contributed by atoms with E-state index in [9.17, 15) is 4.79 Å². The van der Waals surface area contributed by atoms with E-state index in [0.29, 0.717) is 5.69 Å². The third kappa shape index (κ3) is 2.45. The van der Waals surface area contributed by atoms with E-state index in [-0.39, 0.29) is 5.69 Å². The van der Waals surface area contributed by atoms with Crippen molar-refractivity contribution in [2.24, 2.45) is 0 Å². The number of hydrogen-bond donors (Lipinski definition) is 0. The zero-order valence-electron chi connectivity index (χ0n) is 10.1. The first kappa shape index (κ1) is 12.0. The Morgan fingerprint density at radius 2 is 1.78 bits per heavy atom. The van der Waals surface area contributed by atoms with Crippen molar-refractivity contribution >= 4 is 5.97 Å². The lowest BCUT2D eigenvalue weighted by Crippen LogP contribution is -2.04. The van der Waals surface area contributed by atoms with Gasteiger partial charge in [0.15, 0.2) is 5.69 Å². The standard InChI is InChI=1S/C13H12N2O3/c1-17-10-5-3-9(4-6-10)11-7-15-12(8-14-11)13(16)18-2/h3-8H,1-2H3. The van der Waals surface area contributed by atoms with Gasteiger partial charge in [-0.1, -0.05) is 0 Å². The van der Waals surface area contributed by atoms with Crippen LogP contribution in [0.2, 0.25) is 0 Å². The molecule has 0 aliphatic heterocycles. The molecule has 1 aromatic carbocycles. The van der Waals surface area contributed by atoms with E-state index in [1.54, 1.807) is 7.11 Å². The van der Waals surface area contributed by atoms with E-state index < -0.39 is 5.97 Å². The summed E-state index contributed by atoms with van der Waals surface area (Å²) in [6.45, 7) is 0. The van der Waals surface area contributed by atoms with E-state index >= 15 is 0 Å². The fraction of sp³-hybridized carbons (Fsp3) is 0.154. The summed E-state index contributed by atoms with van der Waals surface area (Å²) in [5.41, 5.74) is 1.78. The highest BCUT2D eigenvalue weighted by molar-refractivity contribution is 5.86. The van der Waals surface area contributed by atoms with Crippen molar-refractivity contribution in [2.45, 2.75) is 0 Å². The fourth-order valence-corrected chi connectivity index (χ4v) is 1.45. The van der Waals surface area contributed by atoms with Crippen LogP contribution in [0.15, 0.2) is 36.7 Å². The molecule has 2 rings (SSSR count). The zero-order chi connectivity index (χ0) is 13.0. The van der Waals surface area contributed by atoms with Crippen molar-refractivity contribution < 1.29 is 14.3 Å². The van der Waals surface area contributed by atoms with Gasteiger partial charge < -0.3 is 9.47 Å². The molecule has 0 radical (unpaired) electrons. The van der Waals surface area contributed by atoms with Crippen LogP contribution in [0.1, 0.15) is 10.5 Å². The number of ether oxygens (including phenoxy) is 2. The summed E-state index contributed by atoms with van der Waals surface area (Å²) < 4.78 is 9.63. The third-order valence-corrected chi connectivity index (χ3v) is 2.43. The third-order valence-electron chi connectivity index (χ3n) is 2.43. The highest BCUT2D eigenvalue weighted by atomic mass is 16.5. The van der Waals surface area contributed by atoms with E-state index in [2.05, 4.69) is 14.7 Å². The van der Waals surface area contributed by atoms with Crippen molar-refractivity contribution in [1.29, 1.82) is 0 Å². The molecule has 1 aromatic heterocycles. The van der Waals surface area contributed by atoms with Gasteiger partial charge in [-0.2, -0.15) is 0 Å². The Balaban J connectivity index is 2.25. The zero-order valence-corrected chi connectivity index (χ0v) is 10.1. The molecule has 0 spiro atoms. The Morgan fingerprint density at radius 3 is 2.28 bits per heavy atom. The predicted molar refractivity (Wildman–Crippen MR) is 65.4 cm³/mol. The van der Waals surface area contributed by atoms with Crippen LogP contribution < -0.4 is 4.74 Å². The summed E-state index contributed by atoms with van der Waals surface area (Å²) in [6.07, 6.45) is 2.93. The Labute approximate surface area is 104 Å². The summed E-state index contributed by atoms with van der Waals surface area (Å²) in [5.74, 6) is 0.279. The molecule has 0 unspecified atom stereocenters. The first-order valence-electron chi connectivity index (χ1n) is 5.29. The van der Waals surface area contributed by atoms with Gasteiger partial charge in [-0.25, -0.2) is 9.78 Å². The van der Waals surface area contributed by atoms with Gasteiger partial charge in [-0.3, -0.25) is 4.98 Å². The lowest BCUT2D eigenvalue weighted by atomic mass is 10.1. The van der Waals surface area contributed by atoms with Crippen LogP contribution in [0.25, 0.3) is 11.3 Å². The molecule has 0 atom stereocenters. The van der Waals surface area contributed by atoms with Gasteiger partial charge in [0.2, 0.25) is 0 Å². The second kappa shape index (κ2) is 5.27. The maximum Gasteiger partial charge on any atom is 0.358 e. The van der Waals surface area contributed by atoms with E-state index in [4.69, 9.17) is 4.74 Å². The molecule has 18 heavy (non-hydrogen) atoms. The van der Waals surface area contributed by atoms with Gasteiger partial charge in [-0.05, 0) is 24.3 Å². The maximum absolute atomic E-state index is 11.2. The fourth-order valence-electron chi connectivity index (χ4n) is 1.45. The largest absolute Gasteiger partial charge is 0.497 e. The smallest absolute Gasteiger partial charge is 0.358 e. The van der Waals surface area contributed by atoms with Crippen LogP contribution in [-0.2, 0) is 4.74 Å². The number of esters is 1. The Kier molecular flexibility index (Phi) is 3.52. The SMILES string of the molecule is COC(=O)c1cnc(-c2ccc(OC)cc2)cn1. The van der Waals surface area contributed by atoms with Crippen LogP contribution >= 0.6 is 0 Å². The number of nitrogens with zero attached hydrogens (tertiary/aromatic N) is 2. The molecule has 0 N–H and O–H groups in total. The molecule has 92 valence electrons. The van der Waals surface area contributed by atoms with Crippen LogP contribution in [0, 0.1) is 0 Å². The second-order valence-electron chi connectivity index (χ2n) is 3.51. The predicted octanol–water partition coefficient (Wildman–Crippen LogP) is 1.94. The normalized spacial score (nSPS) is 9.89. The maximum atomic E-state index is 11.2. The minimum Gasteiger partial charge on any atom is -0.497 e. The number of carbonyl (C=O) groups excluding carboxylic acids is 1. The Morgan fingerprint density at radius 1 is 1.06 bits per heavy atom. The van der Waals surface area contributed by atoms with Crippen LogP contribution in [-0.4, -0.2) is 30.2 Å². The van der Waals surface area contributed by atoms with Gasteiger partial charge >= 0.3 is 5.97 Å². The van der Waals surface area contributed by atoms with Gasteiger partial charge in [-0.15, -0.1) is 0 Å². The van der Waals surface area contributed by atoms with Crippen molar-refractivity contribution in [2.75, 3.05) is 14.2 Å². The van der Waals surface area contributed by atoms with Crippen molar-refractivity contribution in [3.8, 4) is 17.0 Å². The lowest BCUT2D eigenvalue weighted by Gasteiger charge is -2.03. The van der Waals surface area contributed by atoms with Crippen LogP contribution in [0.4, 0.5) is 0 Å². The summed E-state index contributed by atoms with van der Waals surface area (Å²) >= 11 is 0. The first-order valence-corrected chi connectivity index (χ1v) is 5.29. The number of methoxy groups -OCH3 is 2. The average molecular weight is 244 g/mol. The van der Waals surface area contributed by atoms with Crippen molar-refractivity contribution in [1.82, 2.24) is 9.97 Å². The molecule has 1 heterocycles. The molecule has 0 bridgehead atoms. The molecule has 5 nitrogen and oxygen atoms in total. The summed E-state index contributed by atoms with van der Waals surface area (Å²) in [4.78, 5) is 19.4. The molecule has 2 aromatic rings. The van der Waals surface area contributed by atoms with Gasteiger partial charge in [0.05, 0.1) is 32.3 Å². The molecule has 0 saturated heterocycles. The van der Waals surface area contributed by atoms with Crippen molar-refractivity contribution in [3.05, 3.63) is 42.4 Å². The molecular weight excluding hydrogens is 232 g/mol. The average Bonchev–Trinajstić information content (AvgIpc) is 2.47. The molecule has 0 aliphatic carbocycles.